The van der Waals surface area contributed by atoms with Gasteiger partial charge in [0.2, 0.25) is 5.91 Å². The van der Waals surface area contributed by atoms with Crippen LogP contribution in [0.4, 0.5) is 10.1 Å². The van der Waals surface area contributed by atoms with Crippen molar-refractivity contribution < 1.29 is 18.7 Å². The monoisotopic (exact) mass is 223 g/mol. The minimum atomic E-state index is -0.538. The molecule has 1 aromatic rings. The van der Waals surface area contributed by atoms with Gasteiger partial charge in [0, 0.05) is 6.07 Å². The first-order valence-electron chi connectivity index (χ1n) is 4.77. The van der Waals surface area contributed by atoms with E-state index in [1.807, 2.05) is 0 Å². The summed E-state index contributed by atoms with van der Waals surface area (Å²) in [4.78, 5) is 23.7. The van der Waals surface area contributed by atoms with Crippen LogP contribution in [0.5, 0.6) is 5.75 Å². The number of carbonyl (C=O) groups excluding carboxylic acids is 2. The normalized spacial score (nSPS) is 15.8. The van der Waals surface area contributed by atoms with Gasteiger partial charge in [0.05, 0.1) is 25.8 Å². The van der Waals surface area contributed by atoms with Crippen LogP contribution < -0.4 is 9.64 Å². The summed E-state index contributed by atoms with van der Waals surface area (Å²) < 4.78 is 18.4. The highest BCUT2D eigenvalue weighted by molar-refractivity contribution is 6.15. The smallest absolute Gasteiger partial charge is 0.235 e. The molecule has 5 heteroatoms. The topological polar surface area (TPSA) is 46.6 Å². The summed E-state index contributed by atoms with van der Waals surface area (Å²) in [5.41, 5.74) is 0.0928. The van der Waals surface area contributed by atoms with Gasteiger partial charge in [-0.1, -0.05) is 0 Å². The third-order valence-corrected chi connectivity index (χ3v) is 2.43. The predicted octanol–water partition coefficient (Wildman–Crippen LogP) is 1.14. The first-order valence-corrected chi connectivity index (χ1v) is 4.77. The second-order valence-corrected chi connectivity index (χ2v) is 3.51. The molecule has 0 atom stereocenters. The van der Waals surface area contributed by atoms with Gasteiger partial charge in [0.1, 0.15) is 11.6 Å². The van der Waals surface area contributed by atoms with Crippen LogP contribution in [0, 0.1) is 5.82 Å². The van der Waals surface area contributed by atoms with Crippen molar-refractivity contribution in [2.24, 2.45) is 0 Å². The largest absolute Gasteiger partial charge is 0.497 e. The highest BCUT2D eigenvalue weighted by Gasteiger charge is 2.30. The molecular weight excluding hydrogens is 213 g/mol. The van der Waals surface area contributed by atoms with Crippen LogP contribution in [0.2, 0.25) is 0 Å². The van der Waals surface area contributed by atoms with E-state index in [-0.39, 0.29) is 30.3 Å². The van der Waals surface area contributed by atoms with Crippen molar-refractivity contribution >= 4 is 17.4 Å². The molecule has 0 aliphatic carbocycles. The number of Topliss-reactive ketones (excluding diaryl/α,β-unsaturated/α-hetero) is 1. The Morgan fingerprint density at radius 2 is 2.12 bits per heavy atom. The van der Waals surface area contributed by atoms with Crippen LogP contribution in [0.1, 0.15) is 6.42 Å². The maximum atomic E-state index is 13.5. The summed E-state index contributed by atoms with van der Waals surface area (Å²) in [5.74, 6) is -0.670. The van der Waals surface area contributed by atoms with Crippen molar-refractivity contribution in [3.8, 4) is 5.75 Å². The van der Waals surface area contributed by atoms with E-state index in [9.17, 15) is 14.0 Å². The molecule has 0 bridgehead atoms. The molecule has 4 nitrogen and oxygen atoms in total. The van der Waals surface area contributed by atoms with Gasteiger partial charge in [-0.3, -0.25) is 9.59 Å². The quantitative estimate of drug-likeness (QED) is 0.706. The number of benzene rings is 1. The summed E-state index contributed by atoms with van der Waals surface area (Å²) in [6, 6.07) is 4.08. The molecule has 2 rings (SSSR count). The van der Waals surface area contributed by atoms with Gasteiger partial charge >= 0.3 is 0 Å². The number of rotatable bonds is 2. The lowest BCUT2D eigenvalue weighted by molar-refractivity contribution is -0.121. The zero-order chi connectivity index (χ0) is 11.7. The van der Waals surface area contributed by atoms with Crippen LogP contribution >= 0.6 is 0 Å². The van der Waals surface area contributed by atoms with Gasteiger partial charge in [0.25, 0.3) is 0 Å². The minimum absolute atomic E-state index is 0.0665. The molecule has 0 N–H and O–H groups in total. The fraction of sp³-hybridized carbons (Fsp3) is 0.273. The van der Waals surface area contributed by atoms with Crippen LogP contribution in [-0.4, -0.2) is 25.3 Å². The van der Waals surface area contributed by atoms with Gasteiger partial charge in [-0.25, -0.2) is 4.39 Å². The third-order valence-electron chi connectivity index (χ3n) is 2.43. The fourth-order valence-corrected chi connectivity index (χ4v) is 1.63. The lowest BCUT2D eigenvalue weighted by atomic mass is 10.2. The molecule has 1 aliphatic heterocycles. The van der Waals surface area contributed by atoms with Gasteiger partial charge in [-0.15, -0.1) is 0 Å². The Kier molecular flexibility index (Phi) is 2.60. The van der Waals surface area contributed by atoms with E-state index in [4.69, 9.17) is 4.74 Å². The van der Waals surface area contributed by atoms with Gasteiger partial charge in [-0.2, -0.15) is 0 Å². The zero-order valence-electron chi connectivity index (χ0n) is 8.70. The Hall–Kier alpha value is -1.91. The van der Waals surface area contributed by atoms with Crippen molar-refractivity contribution in [3.63, 3.8) is 0 Å². The lowest BCUT2D eigenvalue weighted by Crippen LogP contribution is -2.25. The number of hydrogen-bond donors (Lipinski definition) is 0. The van der Waals surface area contributed by atoms with E-state index >= 15 is 0 Å². The number of anilines is 1. The molecule has 0 spiro atoms. The molecule has 1 heterocycles. The van der Waals surface area contributed by atoms with Crippen molar-refractivity contribution in [2.75, 3.05) is 18.6 Å². The summed E-state index contributed by atoms with van der Waals surface area (Å²) in [7, 11) is 1.45. The van der Waals surface area contributed by atoms with E-state index in [0.717, 1.165) is 4.90 Å². The molecule has 0 saturated carbocycles. The van der Waals surface area contributed by atoms with Crippen LogP contribution in [-0.2, 0) is 9.59 Å². The van der Waals surface area contributed by atoms with Crippen molar-refractivity contribution in [1.82, 2.24) is 0 Å². The second kappa shape index (κ2) is 3.92. The molecule has 1 aliphatic rings. The summed E-state index contributed by atoms with van der Waals surface area (Å²) in [6.45, 7) is -0.0665. The SMILES string of the molecule is COc1ccc(F)c(N2CC(=O)CC2=O)c1. The Labute approximate surface area is 91.6 Å². The lowest BCUT2D eigenvalue weighted by Gasteiger charge is -2.16. The number of carbonyl (C=O) groups is 2. The number of halogens is 1. The predicted molar refractivity (Wildman–Crippen MR) is 54.9 cm³/mol. The second-order valence-electron chi connectivity index (χ2n) is 3.51. The molecule has 1 fully saturated rings. The highest BCUT2D eigenvalue weighted by atomic mass is 19.1. The summed E-state index contributed by atoms with van der Waals surface area (Å²) in [5, 5.41) is 0. The molecule has 16 heavy (non-hydrogen) atoms. The van der Waals surface area contributed by atoms with E-state index in [1.165, 1.54) is 25.3 Å². The Bertz CT molecular complexity index is 459. The van der Waals surface area contributed by atoms with Crippen LogP contribution in [0.3, 0.4) is 0 Å². The standard InChI is InChI=1S/C11H10FNO3/c1-16-8-2-3-9(12)10(5-8)13-6-7(14)4-11(13)15/h2-3,5H,4,6H2,1H3. The van der Waals surface area contributed by atoms with E-state index in [2.05, 4.69) is 0 Å². The number of ether oxygens (including phenoxy) is 1. The third kappa shape index (κ3) is 1.76. The average Bonchev–Trinajstić information content (AvgIpc) is 2.58. The molecule has 0 aromatic heterocycles. The molecule has 84 valence electrons. The Balaban J connectivity index is 2.39. The summed E-state index contributed by atoms with van der Waals surface area (Å²) in [6.07, 6.45) is -0.156. The van der Waals surface area contributed by atoms with Gasteiger partial charge in [-0.05, 0) is 12.1 Å². The number of amides is 1. The summed E-state index contributed by atoms with van der Waals surface area (Å²) >= 11 is 0. The van der Waals surface area contributed by atoms with Crippen LogP contribution in [0.25, 0.3) is 0 Å². The number of ketones is 1. The Morgan fingerprint density at radius 3 is 2.69 bits per heavy atom. The van der Waals surface area contributed by atoms with Crippen molar-refractivity contribution in [2.45, 2.75) is 6.42 Å². The number of methoxy groups -OCH3 is 1. The highest BCUT2D eigenvalue weighted by Crippen LogP contribution is 2.27. The molecule has 1 saturated heterocycles. The number of hydrogen-bond acceptors (Lipinski definition) is 3. The molecular formula is C11H10FNO3. The average molecular weight is 223 g/mol. The fourth-order valence-electron chi connectivity index (χ4n) is 1.63. The Morgan fingerprint density at radius 1 is 1.38 bits per heavy atom. The van der Waals surface area contributed by atoms with E-state index in [1.54, 1.807) is 0 Å². The van der Waals surface area contributed by atoms with E-state index in [0.29, 0.717) is 5.75 Å². The van der Waals surface area contributed by atoms with E-state index < -0.39 is 5.82 Å². The zero-order valence-corrected chi connectivity index (χ0v) is 8.70. The first kappa shape index (κ1) is 10.6. The minimum Gasteiger partial charge on any atom is -0.497 e. The van der Waals surface area contributed by atoms with Crippen molar-refractivity contribution in [3.05, 3.63) is 24.0 Å². The first-order chi connectivity index (χ1) is 7.61. The van der Waals surface area contributed by atoms with Crippen molar-refractivity contribution in [1.29, 1.82) is 0 Å². The number of nitrogens with zero attached hydrogens (tertiary/aromatic N) is 1. The molecule has 1 aromatic carbocycles. The van der Waals surface area contributed by atoms with Gasteiger partial charge in [0.15, 0.2) is 5.78 Å². The molecule has 0 radical (unpaired) electrons. The molecule has 0 unspecified atom stereocenters. The van der Waals surface area contributed by atoms with Crippen LogP contribution in [0.15, 0.2) is 18.2 Å². The maximum Gasteiger partial charge on any atom is 0.235 e. The maximum absolute atomic E-state index is 13.5. The molecule has 1 amide bonds. The van der Waals surface area contributed by atoms with Gasteiger partial charge < -0.3 is 9.64 Å².